The monoisotopic (exact) mass is 335 g/mol. The van der Waals surface area contributed by atoms with Crippen molar-refractivity contribution in [3.05, 3.63) is 69.7 Å². The average molecular weight is 336 g/mol. The van der Waals surface area contributed by atoms with E-state index in [4.69, 9.17) is 27.9 Å². The second kappa shape index (κ2) is 6.69. The summed E-state index contributed by atoms with van der Waals surface area (Å²) in [5.74, 6) is -0.0234. The fraction of sp³-hybridized carbons (Fsp3) is 0.235. The van der Waals surface area contributed by atoms with Crippen LogP contribution in [0.4, 0.5) is 0 Å². The standard InChI is InChI=1S/C17H15Cl2NO2/c18-14-6-4-12(5-7-14)16-11-20(8-9-22-16)17(21)13-2-1-3-15(19)10-13/h1-7,10,16H,8-9,11H2. The Hall–Kier alpha value is -1.55. The molecular formula is C17H15Cl2NO2. The van der Waals surface area contributed by atoms with E-state index in [9.17, 15) is 4.79 Å². The summed E-state index contributed by atoms with van der Waals surface area (Å²) in [4.78, 5) is 14.4. The van der Waals surface area contributed by atoms with Gasteiger partial charge in [-0.1, -0.05) is 41.4 Å². The Morgan fingerprint density at radius 3 is 2.59 bits per heavy atom. The van der Waals surface area contributed by atoms with Gasteiger partial charge >= 0.3 is 0 Å². The number of hydrogen-bond donors (Lipinski definition) is 0. The van der Waals surface area contributed by atoms with Gasteiger partial charge in [-0.05, 0) is 35.9 Å². The smallest absolute Gasteiger partial charge is 0.254 e. The van der Waals surface area contributed by atoms with E-state index in [1.54, 1.807) is 29.2 Å². The van der Waals surface area contributed by atoms with Gasteiger partial charge in [-0.15, -0.1) is 0 Å². The van der Waals surface area contributed by atoms with Gasteiger partial charge in [0.05, 0.1) is 13.2 Å². The van der Waals surface area contributed by atoms with Crippen LogP contribution in [-0.4, -0.2) is 30.5 Å². The van der Waals surface area contributed by atoms with E-state index in [-0.39, 0.29) is 12.0 Å². The summed E-state index contributed by atoms with van der Waals surface area (Å²) in [5, 5.41) is 1.25. The van der Waals surface area contributed by atoms with E-state index in [0.29, 0.717) is 35.3 Å². The van der Waals surface area contributed by atoms with Gasteiger partial charge in [-0.25, -0.2) is 0 Å². The highest BCUT2D eigenvalue weighted by Gasteiger charge is 2.26. The molecule has 0 spiro atoms. The zero-order chi connectivity index (χ0) is 15.5. The van der Waals surface area contributed by atoms with Crippen LogP contribution in [0.2, 0.25) is 10.0 Å². The first kappa shape index (κ1) is 15.3. The van der Waals surface area contributed by atoms with Crippen molar-refractivity contribution in [3.8, 4) is 0 Å². The Morgan fingerprint density at radius 1 is 1.09 bits per heavy atom. The number of nitrogens with zero attached hydrogens (tertiary/aromatic N) is 1. The summed E-state index contributed by atoms with van der Waals surface area (Å²) in [6.07, 6.45) is -0.130. The Balaban J connectivity index is 1.75. The minimum Gasteiger partial charge on any atom is -0.370 e. The minimum absolute atomic E-state index is 0.0234. The Kier molecular flexibility index (Phi) is 4.67. The maximum atomic E-state index is 12.6. The molecular weight excluding hydrogens is 321 g/mol. The van der Waals surface area contributed by atoms with Gasteiger partial charge < -0.3 is 9.64 Å². The van der Waals surface area contributed by atoms with Crippen LogP contribution in [0.25, 0.3) is 0 Å². The van der Waals surface area contributed by atoms with Crippen molar-refractivity contribution in [2.24, 2.45) is 0 Å². The lowest BCUT2D eigenvalue weighted by molar-refractivity contribution is -0.0228. The van der Waals surface area contributed by atoms with Gasteiger partial charge in [-0.3, -0.25) is 4.79 Å². The van der Waals surface area contributed by atoms with E-state index in [2.05, 4.69) is 0 Å². The molecule has 1 unspecified atom stereocenters. The first-order valence-electron chi connectivity index (χ1n) is 7.05. The van der Waals surface area contributed by atoms with Crippen LogP contribution in [0, 0.1) is 0 Å². The molecule has 1 saturated heterocycles. The molecule has 22 heavy (non-hydrogen) atoms. The van der Waals surface area contributed by atoms with Crippen LogP contribution in [0.5, 0.6) is 0 Å². The summed E-state index contributed by atoms with van der Waals surface area (Å²) >= 11 is 11.9. The van der Waals surface area contributed by atoms with Crippen molar-refractivity contribution >= 4 is 29.1 Å². The summed E-state index contributed by atoms with van der Waals surface area (Å²) < 4.78 is 5.78. The second-order valence-corrected chi connectivity index (χ2v) is 6.05. The number of morpholine rings is 1. The number of benzene rings is 2. The molecule has 3 nitrogen and oxygen atoms in total. The molecule has 2 aromatic carbocycles. The van der Waals surface area contributed by atoms with Gasteiger partial charge in [0, 0.05) is 22.2 Å². The molecule has 5 heteroatoms. The molecule has 1 amide bonds. The maximum absolute atomic E-state index is 12.6. The Morgan fingerprint density at radius 2 is 1.86 bits per heavy atom. The van der Waals surface area contributed by atoms with Crippen molar-refractivity contribution < 1.29 is 9.53 Å². The van der Waals surface area contributed by atoms with Crippen LogP contribution >= 0.6 is 23.2 Å². The molecule has 2 aromatic rings. The average Bonchev–Trinajstić information content (AvgIpc) is 2.55. The molecule has 1 heterocycles. The molecule has 0 aliphatic carbocycles. The minimum atomic E-state index is -0.130. The van der Waals surface area contributed by atoms with Crippen molar-refractivity contribution in [1.29, 1.82) is 0 Å². The highest BCUT2D eigenvalue weighted by molar-refractivity contribution is 6.31. The first-order chi connectivity index (χ1) is 10.6. The van der Waals surface area contributed by atoms with E-state index in [1.807, 2.05) is 24.3 Å². The molecule has 3 rings (SSSR count). The number of rotatable bonds is 2. The van der Waals surface area contributed by atoms with E-state index >= 15 is 0 Å². The van der Waals surface area contributed by atoms with Crippen LogP contribution < -0.4 is 0 Å². The zero-order valence-electron chi connectivity index (χ0n) is 11.8. The van der Waals surface area contributed by atoms with Crippen LogP contribution in [0.1, 0.15) is 22.0 Å². The summed E-state index contributed by atoms with van der Waals surface area (Å²) in [7, 11) is 0. The predicted molar refractivity (Wildman–Crippen MR) is 87.5 cm³/mol. The number of carbonyl (C=O) groups excluding carboxylic acids is 1. The molecule has 114 valence electrons. The van der Waals surface area contributed by atoms with Gasteiger partial charge in [0.2, 0.25) is 0 Å². The fourth-order valence-electron chi connectivity index (χ4n) is 2.52. The fourth-order valence-corrected chi connectivity index (χ4v) is 2.83. The van der Waals surface area contributed by atoms with E-state index in [0.717, 1.165) is 5.56 Å². The highest BCUT2D eigenvalue weighted by Crippen LogP contribution is 2.25. The van der Waals surface area contributed by atoms with Crippen LogP contribution in [-0.2, 0) is 4.74 Å². The lowest BCUT2D eigenvalue weighted by atomic mass is 10.1. The lowest BCUT2D eigenvalue weighted by Crippen LogP contribution is -2.42. The lowest BCUT2D eigenvalue weighted by Gasteiger charge is -2.33. The summed E-state index contributed by atoms with van der Waals surface area (Å²) in [6.45, 7) is 1.61. The topological polar surface area (TPSA) is 29.5 Å². The van der Waals surface area contributed by atoms with Crippen molar-refractivity contribution in [2.45, 2.75) is 6.10 Å². The number of ether oxygens (including phenoxy) is 1. The second-order valence-electron chi connectivity index (χ2n) is 5.17. The molecule has 1 atom stereocenters. The number of carbonyl (C=O) groups is 1. The molecule has 0 radical (unpaired) electrons. The molecule has 0 bridgehead atoms. The zero-order valence-corrected chi connectivity index (χ0v) is 13.3. The largest absolute Gasteiger partial charge is 0.370 e. The first-order valence-corrected chi connectivity index (χ1v) is 7.81. The number of hydrogen-bond acceptors (Lipinski definition) is 2. The van der Waals surface area contributed by atoms with Crippen molar-refractivity contribution in [3.63, 3.8) is 0 Å². The number of amides is 1. The molecule has 0 saturated carbocycles. The van der Waals surface area contributed by atoms with Gasteiger partial charge in [0.1, 0.15) is 6.10 Å². The molecule has 1 aliphatic heterocycles. The highest BCUT2D eigenvalue weighted by atomic mass is 35.5. The third-order valence-corrected chi connectivity index (χ3v) is 4.15. The maximum Gasteiger partial charge on any atom is 0.254 e. The molecule has 0 aromatic heterocycles. The molecule has 1 fully saturated rings. The van der Waals surface area contributed by atoms with Crippen molar-refractivity contribution in [2.75, 3.05) is 19.7 Å². The Bertz CT molecular complexity index is 673. The summed E-state index contributed by atoms with van der Waals surface area (Å²) in [6, 6.07) is 14.5. The number of halogens is 2. The van der Waals surface area contributed by atoms with Crippen LogP contribution in [0.15, 0.2) is 48.5 Å². The molecule has 1 aliphatic rings. The molecule has 0 N–H and O–H groups in total. The van der Waals surface area contributed by atoms with E-state index in [1.165, 1.54) is 0 Å². The normalized spacial score (nSPS) is 18.3. The predicted octanol–water partition coefficient (Wildman–Crippen LogP) is 4.21. The van der Waals surface area contributed by atoms with Gasteiger partial charge in [0.15, 0.2) is 0 Å². The van der Waals surface area contributed by atoms with Gasteiger partial charge in [-0.2, -0.15) is 0 Å². The van der Waals surface area contributed by atoms with Crippen LogP contribution in [0.3, 0.4) is 0 Å². The Labute approximate surface area is 139 Å². The third kappa shape index (κ3) is 3.43. The SMILES string of the molecule is O=C(c1cccc(Cl)c1)N1CCOC(c2ccc(Cl)cc2)C1. The third-order valence-electron chi connectivity index (χ3n) is 3.67. The summed E-state index contributed by atoms with van der Waals surface area (Å²) in [5.41, 5.74) is 1.62. The quantitative estimate of drug-likeness (QED) is 0.822. The van der Waals surface area contributed by atoms with Crippen molar-refractivity contribution in [1.82, 2.24) is 4.90 Å². The van der Waals surface area contributed by atoms with E-state index < -0.39 is 0 Å². The van der Waals surface area contributed by atoms with Gasteiger partial charge in [0.25, 0.3) is 5.91 Å².